The largest absolute Gasteiger partial charge is 0.343 e. The summed E-state index contributed by atoms with van der Waals surface area (Å²) in [6, 6.07) is 4.85. The first-order valence-corrected chi connectivity index (χ1v) is 8.28. The van der Waals surface area contributed by atoms with Crippen LogP contribution in [0.5, 0.6) is 0 Å². The molecule has 0 fully saturated rings. The number of rotatable bonds is 6. The lowest BCUT2D eigenvalue weighted by Gasteiger charge is -2.06. The summed E-state index contributed by atoms with van der Waals surface area (Å²) in [7, 11) is 0. The first-order valence-electron chi connectivity index (χ1n) is 6.54. The van der Waals surface area contributed by atoms with Gasteiger partial charge in [-0.15, -0.1) is 5.10 Å². The van der Waals surface area contributed by atoms with Crippen molar-refractivity contribution in [3.05, 3.63) is 38.7 Å². The van der Waals surface area contributed by atoms with E-state index in [2.05, 4.69) is 15.5 Å². The number of H-pyrrole nitrogens is 1. The zero-order valence-corrected chi connectivity index (χ0v) is 14.1. The van der Waals surface area contributed by atoms with Crippen LogP contribution in [-0.4, -0.2) is 26.4 Å². The van der Waals surface area contributed by atoms with Crippen molar-refractivity contribution < 1.29 is 4.79 Å². The SMILES string of the molecule is CCCn1c(SCC(=O)Nc2ccc(Cl)c(Cl)c2)n[nH]c1=O. The van der Waals surface area contributed by atoms with Gasteiger partial charge in [0.25, 0.3) is 0 Å². The number of aromatic nitrogens is 3. The third kappa shape index (κ3) is 4.28. The molecule has 0 aliphatic carbocycles. The molecule has 9 heteroatoms. The zero-order valence-electron chi connectivity index (χ0n) is 11.7. The van der Waals surface area contributed by atoms with Crippen molar-refractivity contribution in [1.29, 1.82) is 0 Å². The molecule has 0 atom stereocenters. The highest BCUT2D eigenvalue weighted by Gasteiger charge is 2.11. The number of benzene rings is 1. The van der Waals surface area contributed by atoms with E-state index in [0.29, 0.717) is 27.4 Å². The van der Waals surface area contributed by atoms with Gasteiger partial charge in [-0.2, -0.15) is 0 Å². The number of nitrogens with zero attached hydrogens (tertiary/aromatic N) is 2. The number of hydrogen-bond donors (Lipinski definition) is 2. The van der Waals surface area contributed by atoms with Gasteiger partial charge in [0.05, 0.1) is 15.8 Å². The lowest BCUT2D eigenvalue weighted by Crippen LogP contribution is -2.18. The van der Waals surface area contributed by atoms with Gasteiger partial charge < -0.3 is 5.32 Å². The number of nitrogens with one attached hydrogen (secondary N) is 2. The third-order valence-corrected chi connectivity index (χ3v) is 4.42. The Labute approximate surface area is 141 Å². The van der Waals surface area contributed by atoms with Crippen molar-refractivity contribution in [3.8, 4) is 0 Å². The number of hydrogen-bond acceptors (Lipinski definition) is 4. The Morgan fingerprint density at radius 3 is 2.86 bits per heavy atom. The molecule has 22 heavy (non-hydrogen) atoms. The maximum Gasteiger partial charge on any atom is 0.343 e. The minimum atomic E-state index is -0.269. The van der Waals surface area contributed by atoms with Crippen LogP contribution in [0.2, 0.25) is 10.0 Å². The van der Waals surface area contributed by atoms with E-state index in [4.69, 9.17) is 23.2 Å². The Morgan fingerprint density at radius 1 is 1.41 bits per heavy atom. The molecule has 2 aromatic rings. The first kappa shape index (κ1) is 16.9. The van der Waals surface area contributed by atoms with Gasteiger partial charge in [-0.25, -0.2) is 9.89 Å². The lowest BCUT2D eigenvalue weighted by molar-refractivity contribution is -0.113. The summed E-state index contributed by atoms with van der Waals surface area (Å²) >= 11 is 12.9. The number of halogens is 2. The van der Waals surface area contributed by atoms with Gasteiger partial charge in [0.2, 0.25) is 5.91 Å². The smallest absolute Gasteiger partial charge is 0.325 e. The second-order valence-corrected chi connectivity index (χ2v) is 6.19. The first-order chi connectivity index (χ1) is 10.5. The minimum absolute atomic E-state index is 0.133. The van der Waals surface area contributed by atoms with E-state index in [0.717, 1.165) is 6.42 Å². The molecule has 0 spiro atoms. The molecule has 6 nitrogen and oxygen atoms in total. The molecule has 1 aromatic carbocycles. The Balaban J connectivity index is 1.95. The fraction of sp³-hybridized carbons (Fsp3) is 0.308. The van der Waals surface area contributed by atoms with Crippen molar-refractivity contribution in [2.45, 2.75) is 25.0 Å². The van der Waals surface area contributed by atoms with Crippen molar-refractivity contribution >= 4 is 46.6 Å². The summed E-state index contributed by atoms with van der Waals surface area (Å²) in [6.07, 6.45) is 0.808. The highest BCUT2D eigenvalue weighted by atomic mass is 35.5. The molecule has 1 heterocycles. The number of amides is 1. The summed E-state index contributed by atoms with van der Waals surface area (Å²) in [5.74, 6) is -0.0873. The molecule has 2 rings (SSSR count). The van der Waals surface area contributed by atoms with E-state index in [9.17, 15) is 9.59 Å². The molecule has 0 aliphatic heterocycles. The van der Waals surface area contributed by atoms with Gasteiger partial charge in [0.15, 0.2) is 5.16 Å². The van der Waals surface area contributed by atoms with Crippen LogP contribution in [0.3, 0.4) is 0 Å². The van der Waals surface area contributed by atoms with Crippen LogP contribution in [0, 0.1) is 0 Å². The van der Waals surface area contributed by atoms with E-state index in [-0.39, 0.29) is 17.3 Å². The Morgan fingerprint density at radius 2 is 2.18 bits per heavy atom. The Kier molecular flexibility index (Phi) is 5.93. The van der Waals surface area contributed by atoms with Gasteiger partial charge in [-0.05, 0) is 24.6 Å². The summed E-state index contributed by atoms with van der Waals surface area (Å²) in [6.45, 7) is 2.52. The molecule has 118 valence electrons. The molecule has 0 saturated carbocycles. The van der Waals surface area contributed by atoms with Crippen LogP contribution >= 0.6 is 35.0 Å². The normalized spacial score (nSPS) is 10.7. The predicted molar refractivity (Wildman–Crippen MR) is 89.0 cm³/mol. The van der Waals surface area contributed by atoms with Crippen molar-refractivity contribution in [2.24, 2.45) is 0 Å². The van der Waals surface area contributed by atoms with E-state index in [1.807, 2.05) is 6.92 Å². The second kappa shape index (κ2) is 7.71. The fourth-order valence-electron chi connectivity index (χ4n) is 1.74. The molecule has 0 bridgehead atoms. The summed E-state index contributed by atoms with van der Waals surface area (Å²) in [5.41, 5.74) is 0.294. The molecule has 0 saturated heterocycles. The van der Waals surface area contributed by atoms with Crippen LogP contribution in [0.4, 0.5) is 5.69 Å². The lowest BCUT2D eigenvalue weighted by atomic mass is 10.3. The average Bonchev–Trinajstić information content (AvgIpc) is 2.82. The van der Waals surface area contributed by atoms with Crippen molar-refractivity contribution in [3.63, 3.8) is 0 Å². The molecule has 0 unspecified atom stereocenters. The maximum absolute atomic E-state index is 11.9. The van der Waals surface area contributed by atoms with Crippen molar-refractivity contribution in [2.75, 3.05) is 11.1 Å². The summed E-state index contributed by atoms with van der Waals surface area (Å²) in [4.78, 5) is 23.5. The molecule has 2 N–H and O–H groups in total. The zero-order chi connectivity index (χ0) is 16.1. The highest BCUT2D eigenvalue weighted by molar-refractivity contribution is 7.99. The van der Waals surface area contributed by atoms with Crippen LogP contribution in [0.15, 0.2) is 28.2 Å². The predicted octanol–water partition coefficient (Wildman–Crippen LogP) is 3.02. The van der Waals surface area contributed by atoms with Crippen molar-refractivity contribution in [1.82, 2.24) is 14.8 Å². The van der Waals surface area contributed by atoms with Crippen LogP contribution in [0.1, 0.15) is 13.3 Å². The van der Waals surface area contributed by atoms with E-state index in [1.165, 1.54) is 16.3 Å². The molecule has 1 amide bonds. The van der Waals surface area contributed by atoms with Crippen LogP contribution < -0.4 is 11.0 Å². The van der Waals surface area contributed by atoms with E-state index < -0.39 is 0 Å². The van der Waals surface area contributed by atoms with Gasteiger partial charge in [-0.1, -0.05) is 41.9 Å². The van der Waals surface area contributed by atoms with Gasteiger partial charge >= 0.3 is 5.69 Å². The molecule has 0 radical (unpaired) electrons. The van der Waals surface area contributed by atoms with Crippen LogP contribution in [-0.2, 0) is 11.3 Å². The van der Waals surface area contributed by atoms with Gasteiger partial charge in [-0.3, -0.25) is 9.36 Å². The number of carbonyl (C=O) groups is 1. The van der Waals surface area contributed by atoms with Crippen LogP contribution in [0.25, 0.3) is 0 Å². The number of aromatic amines is 1. The summed E-state index contributed by atoms with van der Waals surface area (Å²) in [5, 5.41) is 10.3. The standard InChI is InChI=1S/C13H14Cl2N4O2S/c1-2-5-19-12(21)17-18-13(19)22-7-11(20)16-8-3-4-9(14)10(15)6-8/h3-4,6H,2,5,7H2,1H3,(H,16,20)(H,17,21). The molecular formula is C13H14Cl2N4O2S. The monoisotopic (exact) mass is 360 g/mol. The molecule has 0 aliphatic rings. The summed E-state index contributed by atoms with van der Waals surface area (Å²) < 4.78 is 1.51. The fourth-order valence-corrected chi connectivity index (χ4v) is 2.81. The average molecular weight is 361 g/mol. The van der Waals surface area contributed by atoms with Gasteiger partial charge in [0, 0.05) is 12.2 Å². The maximum atomic E-state index is 11.9. The topological polar surface area (TPSA) is 79.8 Å². The third-order valence-electron chi connectivity index (χ3n) is 2.71. The minimum Gasteiger partial charge on any atom is -0.325 e. The van der Waals surface area contributed by atoms with E-state index >= 15 is 0 Å². The number of thioether (sulfide) groups is 1. The second-order valence-electron chi connectivity index (χ2n) is 4.43. The molecule has 1 aromatic heterocycles. The molecular weight excluding hydrogens is 347 g/mol. The Bertz CT molecular complexity index is 729. The number of anilines is 1. The van der Waals surface area contributed by atoms with E-state index in [1.54, 1.807) is 18.2 Å². The van der Waals surface area contributed by atoms with Gasteiger partial charge in [0.1, 0.15) is 0 Å². The highest BCUT2D eigenvalue weighted by Crippen LogP contribution is 2.25. The number of carbonyl (C=O) groups excluding carboxylic acids is 1. The quantitative estimate of drug-likeness (QED) is 0.775. The Hall–Kier alpha value is -1.44.